The Morgan fingerprint density at radius 2 is 1.84 bits per heavy atom. The first-order chi connectivity index (χ1) is 21.9. The van der Waals surface area contributed by atoms with Crippen LogP contribution in [0.15, 0.2) is 76.6 Å². The number of unbranched alkanes of at least 4 members (excludes halogenated alkanes) is 2. The molecule has 4 aromatic rings. The minimum absolute atomic E-state index is 0.0645. The first-order valence-electron chi connectivity index (χ1n) is 14.6. The lowest BCUT2D eigenvalue weighted by atomic mass is 9.95. The minimum Gasteiger partial charge on any atom is -0.507 e. The summed E-state index contributed by atoms with van der Waals surface area (Å²) in [7, 11) is 0. The van der Waals surface area contributed by atoms with Crippen molar-refractivity contribution in [3.8, 4) is 17.2 Å². The molecule has 0 spiro atoms. The maximum absolute atomic E-state index is 13.7. The Kier molecular flexibility index (Phi) is 9.58. The van der Waals surface area contributed by atoms with Gasteiger partial charge in [0.2, 0.25) is 5.13 Å². The lowest BCUT2D eigenvalue weighted by Gasteiger charge is -2.23. The third-order valence-corrected chi connectivity index (χ3v) is 9.71. The zero-order chi connectivity index (χ0) is 31.3. The molecular formula is C33H30ClN3O6S2. The normalized spacial score (nSPS) is 17.1. The number of rotatable bonds is 11. The van der Waals surface area contributed by atoms with Crippen molar-refractivity contribution in [2.24, 2.45) is 0 Å². The summed E-state index contributed by atoms with van der Waals surface area (Å²) in [6.07, 6.45) is 3.02. The van der Waals surface area contributed by atoms with Crippen molar-refractivity contribution in [2.75, 3.05) is 24.7 Å². The van der Waals surface area contributed by atoms with Crippen molar-refractivity contribution in [3.63, 3.8) is 0 Å². The summed E-state index contributed by atoms with van der Waals surface area (Å²) in [6, 6.07) is 18.7. The van der Waals surface area contributed by atoms with E-state index in [0.717, 1.165) is 24.8 Å². The van der Waals surface area contributed by atoms with Gasteiger partial charge in [0.1, 0.15) is 24.7 Å². The molecule has 0 bridgehead atoms. The lowest BCUT2D eigenvalue weighted by molar-refractivity contribution is -0.132. The molecule has 3 aromatic carbocycles. The highest BCUT2D eigenvalue weighted by Crippen LogP contribution is 2.45. The molecule has 1 atom stereocenters. The SMILES string of the molecule is CCCCCOc1cccc([C@H]2C(=C(O)c3ccc4c(c3)OCCO4)C(=O)C(=O)N2c2nnc(SCc3ccc(Cl)cc3)s2)c1. The molecule has 1 saturated heterocycles. The van der Waals surface area contributed by atoms with Gasteiger partial charge in [0.15, 0.2) is 15.8 Å². The van der Waals surface area contributed by atoms with Gasteiger partial charge in [-0.25, -0.2) is 0 Å². The zero-order valence-corrected chi connectivity index (χ0v) is 26.8. The van der Waals surface area contributed by atoms with Gasteiger partial charge in [-0.2, -0.15) is 0 Å². The molecule has 0 saturated carbocycles. The number of Topliss-reactive ketones (excluding diaryl/α,β-unsaturated/α-hetero) is 1. The Labute approximate surface area is 273 Å². The standard InChI is InChI=1S/C33H30ClN3O6S2/c1-2-3-4-14-41-24-7-5-6-21(17-24)28-27(29(38)22-10-13-25-26(18-22)43-16-15-42-25)30(39)31(40)37(28)32-35-36-33(45-32)44-19-20-8-11-23(34)12-9-20/h5-13,17-18,28,38H,2-4,14-16,19H2,1H3/t28-/m0/s1. The zero-order valence-electron chi connectivity index (χ0n) is 24.4. The number of hydrogen-bond donors (Lipinski definition) is 1. The third kappa shape index (κ3) is 6.80. The molecule has 2 aliphatic heterocycles. The first-order valence-corrected chi connectivity index (χ1v) is 16.8. The second-order valence-electron chi connectivity index (χ2n) is 10.4. The van der Waals surface area contributed by atoms with Crippen LogP contribution in [0.2, 0.25) is 5.02 Å². The molecule has 0 aliphatic carbocycles. The summed E-state index contributed by atoms with van der Waals surface area (Å²) in [5.41, 5.74) is 1.90. The molecule has 6 rings (SSSR count). The highest BCUT2D eigenvalue weighted by atomic mass is 35.5. The maximum atomic E-state index is 13.7. The highest BCUT2D eigenvalue weighted by Gasteiger charge is 2.48. The van der Waals surface area contributed by atoms with E-state index < -0.39 is 17.7 Å². The summed E-state index contributed by atoms with van der Waals surface area (Å²) in [5.74, 6) is 0.255. The van der Waals surface area contributed by atoms with Crippen LogP contribution >= 0.6 is 34.7 Å². The van der Waals surface area contributed by atoms with Crippen LogP contribution in [0.5, 0.6) is 17.2 Å². The van der Waals surface area contributed by atoms with Crippen LogP contribution < -0.4 is 19.1 Å². The van der Waals surface area contributed by atoms with E-state index in [-0.39, 0.29) is 16.5 Å². The van der Waals surface area contributed by atoms with Crippen molar-refractivity contribution < 1.29 is 28.9 Å². The number of ether oxygens (including phenoxy) is 3. The Hall–Kier alpha value is -4.06. The third-order valence-electron chi connectivity index (χ3n) is 7.33. The Balaban J connectivity index is 1.37. The van der Waals surface area contributed by atoms with Crippen molar-refractivity contribution in [1.29, 1.82) is 0 Å². The van der Waals surface area contributed by atoms with Crippen molar-refractivity contribution in [1.82, 2.24) is 10.2 Å². The number of carbonyl (C=O) groups is 2. The number of nitrogens with zero attached hydrogens (tertiary/aromatic N) is 3. The van der Waals surface area contributed by atoms with Crippen LogP contribution in [0.1, 0.15) is 48.9 Å². The number of ketones is 1. The van der Waals surface area contributed by atoms with Gasteiger partial charge in [-0.3, -0.25) is 14.5 Å². The molecule has 12 heteroatoms. The molecule has 0 radical (unpaired) electrons. The van der Waals surface area contributed by atoms with Crippen LogP contribution in [0.3, 0.4) is 0 Å². The fourth-order valence-corrected chi connectivity index (χ4v) is 7.04. The number of fused-ring (bicyclic) bond motifs is 1. The summed E-state index contributed by atoms with van der Waals surface area (Å²) >= 11 is 8.68. The van der Waals surface area contributed by atoms with Crippen molar-refractivity contribution >= 4 is 57.3 Å². The largest absolute Gasteiger partial charge is 0.507 e. The van der Waals surface area contributed by atoms with Gasteiger partial charge in [-0.05, 0) is 60.0 Å². The summed E-state index contributed by atoms with van der Waals surface area (Å²) < 4.78 is 17.9. The van der Waals surface area contributed by atoms with E-state index in [9.17, 15) is 14.7 Å². The second kappa shape index (κ2) is 13.9. The topological polar surface area (TPSA) is 111 Å². The molecule has 9 nitrogen and oxygen atoms in total. The Morgan fingerprint density at radius 3 is 2.64 bits per heavy atom. The lowest BCUT2D eigenvalue weighted by Crippen LogP contribution is -2.29. The number of aromatic nitrogens is 2. The summed E-state index contributed by atoms with van der Waals surface area (Å²) in [5, 5.41) is 21.1. The predicted octanol–water partition coefficient (Wildman–Crippen LogP) is 7.45. The number of anilines is 1. The van der Waals surface area contributed by atoms with Crippen LogP contribution in [0, 0.1) is 0 Å². The number of hydrogen-bond acceptors (Lipinski definition) is 10. The van der Waals surface area contributed by atoms with E-state index in [4.69, 9.17) is 25.8 Å². The van der Waals surface area contributed by atoms with Crippen LogP contribution in [0.25, 0.3) is 5.76 Å². The number of aliphatic hydroxyl groups is 1. The van der Waals surface area contributed by atoms with Crippen molar-refractivity contribution in [3.05, 3.63) is 94.0 Å². The molecule has 1 aromatic heterocycles. The monoisotopic (exact) mass is 663 g/mol. The summed E-state index contributed by atoms with van der Waals surface area (Å²) in [6.45, 7) is 3.45. The van der Waals surface area contributed by atoms with E-state index in [1.165, 1.54) is 28.0 Å². The highest BCUT2D eigenvalue weighted by molar-refractivity contribution is 8.00. The van der Waals surface area contributed by atoms with Gasteiger partial charge in [0, 0.05) is 16.3 Å². The number of carbonyl (C=O) groups excluding carboxylic acids is 2. The molecule has 2 aliphatic rings. The number of amides is 1. The molecule has 3 heterocycles. The van der Waals surface area contributed by atoms with Gasteiger partial charge < -0.3 is 19.3 Å². The predicted molar refractivity (Wildman–Crippen MR) is 175 cm³/mol. The Bertz CT molecular complexity index is 1740. The van der Waals surface area contributed by atoms with Crippen molar-refractivity contribution in [2.45, 2.75) is 42.3 Å². The molecule has 232 valence electrons. The van der Waals surface area contributed by atoms with Gasteiger partial charge in [0.25, 0.3) is 5.78 Å². The van der Waals surface area contributed by atoms with E-state index in [1.807, 2.05) is 36.4 Å². The Morgan fingerprint density at radius 1 is 1.04 bits per heavy atom. The molecular weight excluding hydrogens is 634 g/mol. The average Bonchev–Trinajstić information content (AvgIpc) is 3.64. The first kappa shape index (κ1) is 30.9. The molecule has 1 fully saturated rings. The van der Waals surface area contributed by atoms with Gasteiger partial charge >= 0.3 is 5.91 Å². The number of halogens is 1. The van der Waals surface area contributed by atoms with Crippen LogP contribution in [-0.2, 0) is 15.3 Å². The van der Waals surface area contributed by atoms with E-state index in [2.05, 4.69) is 17.1 Å². The fraction of sp³-hybridized carbons (Fsp3) is 0.273. The quantitative estimate of drug-likeness (QED) is 0.0437. The van der Waals surface area contributed by atoms with E-state index in [0.29, 0.717) is 63.3 Å². The minimum atomic E-state index is -0.973. The smallest absolute Gasteiger partial charge is 0.301 e. The molecule has 45 heavy (non-hydrogen) atoms. The molecule has 1 N–H and O–H groups in total. The van der Waals surface area contributed by atoms with Crippen LogP contribution in [0.4, 0.5) is 5.13 Å². The maximum Gasteiger partial charge on any atom is 0.301 e. The van der Waals surface area contributed by atoms with E-state index >= 15 is 0 Å². The van der Waals surface area contributed by atoms with E-state index in [1.54, 1.807) is 30.3 Å². The molecule has 1 amide bonds. The van der Waals surface area contributed by atoms with Gasteiger partial charge in [-0.15, -0.1) is 10.2 Å². The van der Waals surface area contributed by atoms with Gasteiger partial charge in [-0.1, -0.05) is 78.7 Å². The van der Waals surface area contributed by atoms with Gasteiger partial charge in [0.05, 0.1) is 18.2 Å². The molecule has 0 unspecified atom stereocenters. The summed E-state index contributed by atoms with van der Waals surface area (Å²) in [4.78, 5) is 28.7. The average molecular weight is 664 g/mol. The fourth-order valence-electron chi connectivity index (χ4n) is 5.09. The number of aliphatic hydroxyl groups excluding tert-OH is 1. The number of thioether (sulfide) groups is 1. The second-order valence-corrected chi connectivity index (χ2v) is 13.0. The van der Waals surface area contributed by atoms with Crippen LogP contribution in [-0.4, -0.2) is 46.8 Å². The number of benzene rings is 3.